The van der Waals surface area contributed by atoms with E-state index in [0.717, 1.165) is 18.7 Å². The highest BCUT2D eigenvalue weighted by Gasteiger charge is 2.28. The van der Waals surface area contributed by atoms with Crippen LogP contribution in [-0.2, 0) is 0 Å². The van der Waals surface area contributed by atoms with Crippen LogP contribution in [0.1, 0.15) is 35.2 Å². The van der Waals surface area contributed by atoms with Crippen LogP contribution in [0.2, 0.25) is 0 Å². The van der Waals surface area contributed by atoms with Crippen molar-refractivity contribution in [1.29, 1.82) is 0 Å². The minimum Gasteiger partial charge on any atom is -0.336 e. The van der Waals surface area contributed by atoms with E-state index in [2.05, 4.69) is 30.2 Å². The number of nitrogens with one attached hydrogen (secondary N) is 1. The first-order valence-corrected chi connectivity index (χ1v) is 7.13. The Morgan fingerprint density at radius 1 is 1.27 bits per heavy atom. The van der Waals surface area contributed by atoms with Gasteiger partial charge in [-0.05, 0) is 18.9 Å². The number of carbonyl (C=O) groups excluding carboxylic acids is 1. The number of aromatic nitrogens is 7. The number of amides is 1. The van der Waals surface area contributed by atoms with Crippen molar-refractivity contribution in [2.45, 2.75) is 18.8 Å². The zero-order valence-corrected chi connectivity index (χ0v) is 11.8. The second kappa shape index (κ2) is 5.17. The molecule has 3 aromatic rings. The highest BCUT2D eigenvalue weighted by molar-refractivity contribution is 5.90. The first-order chi connectivity index (χ1) is 10.8. The number of nitrogens with zero attached hydrogens (tertiary/aromatic N) is 7. The molecule has 1 amide bonds. The van der Waals surface area contributed by atoms with Gasteiger partial charge in [0.1, 0.15) is 12.2 Å². The molecule has 1 aliphatic rings. The first kappa shape index (κ1) is 12.9. The molecule has 0 spiro atoms. The third kappa shape index (κ3) is 2.20. The Morgan fingerprint density at radius 3 is 2.86 bits per heavy atom. The van der Waals surface area contributed by atoms with Gasteiger partial charge in [-0.2, -0.15) is 10.1 Å². The Hall–Kier alpha value is -2.84. The van der Waals surface area contributed by atoms with Crippen molar-refractivity contribution in [2.75, 3.05) is 13.1 Å². The highest BCUT2D eigenvalue weighted by Crippen LogP contribution is 2.25. The van der Waals surface area contributed by atoms with Gasteiger partial charge in [0.25, 0.3) is 11.7 Å². The van der Waals surface area contributed by atoms with Crippen molar-refractivity contribution in [3.8, 4) is 0 Å². The van der Waals surface area contributed by atoms with E-state index in [-0.39, 0.29) is 11.7 Å². The van der Waals surface area contributed by atoms with Crippen LogP contribution in [0.3, 0.4) is 0 Å². The summed E-state index contributed by atoms with van der Waals surface area (Å²) in [6.45, 7) is 1.32. The number of aromatic amines is 1. The molecular weight excluding hydrogens is 284 g/mol. The van der Waals surface area contributed by atoms with Crippen molar-refractivity contribution >= 4 is 11.7 Å². The molecule has 0 radical (unpaired) electrons. The molecule has 1 aliphatic heterocycles. The predicted octanol–water partition coefficient (Wildman–Crippen LogP) is 0.262. The minimum atomic E-state index is -0.151. The molecule has 0 aromatic carbocycles. The number of fused-ring (bicyclic) bond motifs is 1. The maximum absolute atomic E-state index is 12.5. The van der Waals surface area contributed by atoms with Crippen LogP contribution in [0.5, 0.6) is 0 Å². The van der Waals surface area contributed by atoms with E-state index < -0.39 is 0 Å². The predicted molar refractivity (Wildman–Crippen MR) is 75.0 cm³/mol. The number of hydrogen-bond acceptors (Lipinski definition) is 6. The molecule has 3 aromatic heterocycles. The van der Waals surface area contributed by atoms with Gasteiger partial charge in [-0.3, -0.25) is 9.89 Å². The van der Waals surface area contributed by atoms with E-state index in [9.17, 15) is 4.79 Å². The van der Waals surface area contributed by atoms with E-state index in [0.29, 0.717) is 24.8 Å². The Morgan fingerprint density at radius 2 is 2.14 bits per heavy atom. The number of piperidine rings is 1. The Bertz CT molecular complexity index is 754. The lowest BCUT2D eigenvalue weighted by Crippen LogP contribution is -2.38. The summed E-state index contributed by atoms with van der Waals surface area (Å²) in [5.74, 6) is 1.69. The summed E-state index contributed by atoms with van der Waals surface area (Å²) in [7, 11) is 0. The zero-order valence-electron chi connectivity index (χ0n) is 11.8. The second-order valence-electron chi connectivity index (χ2n) is 5.24. The molecule has 0 atom stereocenters. The van der Waals surface area contributed by atoms with E-state index in [4.69, 9.17) is 0 Å². The molecule has 9 nitrogen and oxygen atoms in total. The monoisotopic (exact) mass is 298 g/mol. The summed E-state index contributed by atoms with van der Waals surface area (Å²) >= 11 is 0. The standard InChI is InChI=1S/C13H14N8O/c22-12(11-17-13-14-4-1-5-21(13)19-11)20-6-2-9(3-7-20)10-15-8-16-18-10/h1,4-5,8-9H,2-3,6-7H2,(H,15,16,18). The summed E-state index contributed by atoms with van der Waals surface area (Å²) in [6, 6.07) is 1.75. The summed E-state index contributed by atoms with van der Waals surface area (Å²) in [5.41, 5.74) is 0. The number of hydrogen-bond donors (Lipinski definition) is 1. The maximum Gasteiger partial charge on any atom is 0.293 e. The van der Waals surface area contributed by atoms with E-state index in [1.54, 1.807) is 23.4 Å². The quantitative estimate of drug-likeness (QED) is 0.727. The molecule has 1 saturated heterocycles. The van der Waals surface area contributed by atoms with Crippen molar-refractivity contribution in [1.82, 2.24) is 39.7 Å². The normalized spacial score (nSPS) is 16.3. The van der Waals surface area contributed by atoms with Crippen molar-refractivity contribution < 1.29 is 4.79 Å². The molecule has 112 valence electrons. The van der Waals surface area contributed by atoms with Gasteiger partial charge in [0, 0.05) is 31.4 Å². The SMILES string of the molecule is O=C(c1nc2ncccn2n1)N1CCC(c2ncn[nH]2)CC1. The largest absolute Gasteiger partial charge is 0.336 e. The highest BCUT2D eigenvalue weighted by atomic mass is 16.2. The third-order valence-electron chi connectivity index (χ3n) is 3.91. The van der Waals surface area contributed by atoms with E-state index >= 15 is 0 Å². The minimum absolute atomic E-state index is 0.151. The maximum atomic E-state index is 12.5. The average Bonchev–Trinajstić information content (AvgIpc) is 3.23. The number of carbonyl (C=O) groups is 1. The van der Waals surface area contributed by atoms with Gasteiger partial charge >= 0.3 is 0 Å². The number of likely N-dealkylation sites (tertiary alicyclic amines) is 1. The fourth-order valence-corrected chi connectivity index (χ4v) is 2.73. The lowest BCUT2D eigenvalue weighted by molar-refractivity contribution is 0.0699. The molecule has 1 fully saturated rings. The average molecular weight is 298 g/mol. The fourth-order valence-electron chi connectivity index (χ4n) is 2.73. The van der Waals surface area contributed by atoms with Crippen LogP contribution in [0.15, 0.2) is 24.8 Å². The van der Waals surface area contributed by atoms with Gasteiger partial charge in [0.05, 0.1) is 0 Å². The summed E-state index contributed by atoms with van der Waals surface area (Å²) in [5, 5.41) is 11.0. The summed E-state index contributed by atoms with van der Waals surface area (Å²) in [4.78, 5) is 26.7. The van der Waals surface area contributed by atoms with Crippen LogP contribution in [0.4, 0.5) is 0 Å². The third-order valence-corrected chi connectivity index (χ3v) is 3.91. The van der Waals surface area contributed by atoms with Crippen LogP contribution >= 0.6 is 0 Å². The van der Waals surface area contributed by atoms with Crippen molar-refractivity contribution in [2.24, 2.45) is 0 Å². The molecule has 0 bridgehead atoms. The zero-order chi connectivity index (χ0) is 14.9. The van der Waals surface area contributed by atoms with E-state index in [1.807, 2.05) is 0 Å². The van der Waals surface area contributed by atoms with Gasteiger partial charge < -0.3 is 4.90 Å². The molecule has 0 saturated carbocycles. The van der Waals surface area contributed by atoms with Gasteiger partial charge in [0.2, 0.25) is 5.82 Å². The first-order valence-electron chi connectivity index (χ1n) is 7.13. The van der Waals surface area contributed by atoms with Gasteiger partial charge in [-0.25, -0.2) is 14.5 Å². The van der Waals surface area contributed by atoms with Crippen molar-refractivity contribution in [3.05, 3.63) is 36.4 Å². The number of rotatable bonds is 2. The van der Waals surface area contributed by atoms with Crippen LogP contribution < -0.4 is 0 Å². The Kier molecular flexibility index (Phi) is 3.02. The lowest BCUT2D eigenvalue weighted by atomic mass is 9.96. The Labute approximate surface area is 125 Å². The van der Waals surface area contributed by atoms with Gasteiger partial charge in [-0.1, -0.05) is 0 Å². The second-order valence-corrected chi connectivity index (χ2v) is 5.24. The lowest BCUT2D eigenvalue weighted by Gasteiger charge is -2.30. The molecule has 4 rings (SSSR count). The van der Waals surface area contributed by atoms with Crippen molar-refractivity contribution in [3.63, 3.8) is 0 Å². The molecule has 22 heavy (non-hydrogen) atoms. The fraction of sp³-hybridized carbons (Fsp3) is 0.385. The molecule has 0 aliphatic carbocycles. The molecular formula is C13H14N8O. The molecule has 9 heteroatoms. The Balaban J connectivity index is 1.47. The summed E-state index contributed by atoms with van der Waals surface area (Å²) < 4.78 is 1.51. The van der Waals surface area contributed by atoms with Crippen LogP contribution in [0.25, 0.3) is 5.78 Å². The molecule has 0 unspecified atom stereocenters. The van der Waals surface area contributed by atoms with Gasteiger partial charge in [0.15, 0.2) is 0 Å². The van der Waals surface area contributed by atoms with Crippen LogP contribution in [0, 0.1) is 0 Å². The van der Waals surface area contributed by atoms with E-state index in [1.165, 1.54) is 10.8 Å². The number of H-pyrrole nitrogens is 1. The smallest absolute Gasteiger partial charge is 0.293 e. The summed E-state index contributed by atoms with van der Waals surface area (Å²) in [6.07, 6.45) is 6.57. The van der Waals surface area contributed by atoms with Crippen LogP contribution in [-0.4, -0.2) is 58.7 Å². The van der Waals surface area contributed by atoms with Gasteiger partial charge in [-0.15, -0.1) is 5.10 Å². The molecule has 4 heterocycles. The topological polar surface area (TPSA) is 105 Å². The molecule has 1 N–H and O–H groups in total.